The number of fused-ring (bicyclic) bond motifs is 3. The van der Waals surface area contributed by atoms with Gasteiger partial charge in [-0.25, -0.2) is 9.78 Å². The summed E-state index contributed by atoms with van der Waals surface area (Å²) in [5.74, 6) is 0.385. The van der Waals surface area contributed by atoms with Crippen LogP contribution in [0.2, 0.25) is 0 Å². The van der Waals surface area contributed by atoms with Crippen LogP contribution in [-0.4, -0.2) is 31.2 Å². The standard InChI is InChI=1S/C22H17N5O2/c1-26-19-13-25-17-8-7-14(15-5-3-9-23-12-15)11-16(17)20(19)27(22(26)28)18-6-4-10-24-21(18)29-2/h3-13H,1-2H3. The number of benzene rings is 1. The highest BCUT2D eigenvalue weighted by Gasteiger charge is 2.19. The molecule has 0 N–H and O–H groups in total. The maximum atomic E-state index is 13.2. The van der Waals surface area contributed by atoms with Crippen molar-refractivity contribution in [3.63, 3.8) is 0 Å². The molecule has 1 aromatic carbocycles. The number of ether oxygens (including phenoxy) is 1. The van der Waals surface area contributed by atoms with Crippen molar-refractivity contribution in [1.29, 1.82) is 0 Å². The Balaban J connectivity index is 1.92. The molecule has 0 saturated carbocycles. The molecule has 0 amide bonds. The summed E-state index contributed by atoms with van der Waals surface area (Å²) in [6.45, 7) is 0. The Labute approximate surface area is 165 Å². The van der Waals surface area contributed by atoms with Crippen LogP contribution in [0, 0.1) is 0 Å². The second kappa shape index (κ2) is 6.56. The molecule has 0 saturated heterocycles. The summed E-state index contributed by atoms with van der Waals surface area (Å²) < 4.78 is 8.64. The lowest BCUT2D eigenvalue weighted by Gasteiger charge is -2.10. The smallest absolute Gasteiger partial charge is 0.333 e. The summed E-state index contributed by atoms with van der Waals surface area (Å²) in [7, 11) is 3.28. The number of rotatable bonds is 3. The van der Waals surface area contributed by atoms with E-state index in [0.29, 0.717) is 11.6 Å². The van der Waals surface area contributed by atoms with E-state index in [2.05, 4.69) is 15.0 Å². The Kier molecular flexibility index (Phi) is 3.87. The van der Waals surface area contributed by atoms with Crippen LogP contribution in [0.5, 0.6) is 5.88 Å². The largest absolute Gasteiger partial charge is 0.479 e. The third-order valence-corrected chi connectivity index (χ3v) is 5.06. The number of methoxy groups -OCH3 is 1. The van der Waals surface area contributed by atoms with E-state index in [4.69, 9.17) is 4.74 Å². The van der Waals surface area contributed by atoms with Crippen LogP contribution in [0.15, 0.2) is 72.0 Å². The topological polar surface area (TPSA) is 74.8 Å². The van der Waals surface area contributed by atoms with Crippen molar-refractivity contribution in [3.05, 3.63) is 77.7 Å². The molecule has 0 bridgehead atoms. The van der Waals surface area contributed by atoms with Gasteiger partial charge in [0, 0.05) is 36.6 Å². The molecule has 4 aromatic heterocycles. The minimum Gasteiger partial charge on any atom is -0.479 e. The van der Waals surface area contributed by atoms with Gasteiger partial charge < -0.3 is 4.74 Å². The SMILES string of the molecule is COc1ncccc1-n1c(=O)n(C)c2cnc3ccc(-c4cccnc4)cc3c21. The van der Waals surface area contributed by atoms with Gasteiger partial charge in [0.15, 0.2) is 0 Å². The Morgan fingerprint density at radius 1 is 0.966 bits per heavy atom. The second-order valence-corrected chi connectivity index (χ2v) is 6.67. The molecule has 0 spiro atoms. The minimum atomic E-state index is -0.188. The predicted molar refractivity (Wildman–Crippen MR) is 111 cm³/mol. The van der Waals surface area contributed by atoms with Crippen molar-refractivity contribution in [2.45, 2.75) is 0 Å². The summed E-state index contributed by atoms with van der Waals surface area (Å²) in [5.41, 5.74) is 4.69. The van der Waals surface area contributed by atoms with Crippen LogP contribution >= 0.6 is 0 Å². The van der Waals surface area contributed by atoms with Gasteiger partial charge in [-0.05, 0) is 35.9 Å². The van der Waals surface area contributed by atoms with Gasteiger partial charge in [0.1, 0.15) is 5.69 Å². The zero-order valence-electron chi connectivity index (χ0n) is 15.9. The first-order chi connectivity index (χ1) is 14.2. The number of hydrogen-bond donors (Lipinski definition) is 0. The van der Waals surface area contributed by atoms with Crippen LogP contribution in [0.25, 0.3) is 38.8 Å². The summed E-state index contributed by atoms with van der Waals surface area (Å²) in [6.07, 6.45) is 6.92. The normalized spacial score (nSPS) is 11.2. The number of aryl methyl sites for hydroxylation is 1. The van der Waals surface area contributed by atoms with E-state index in [1.807, 2.05) is 42.6 Å². The van der Waals surface area contributed by atoms with Crippen LogP contribution in [0.3, 0.4) is 0 Å². The fraction of sp³-hybridized carbons (Fsp3) is 0.0909. The molecule has 7 nitrogen and oxygen atoms in total. The van der Waals surface area contributed by atoms with Crippen LogP contribution < -0.4 is 10.4 Å². The van der Waals surface area contributed by atoms with E-state index in [1.165, 1.54) is 0 Å². The predicted octanol–water partition coefficient (Wildman–Crippen LogP) is 3.34. The van der Waals surface area contributed by atoms with Gasteiger partial charge in [0.25, 0.3) is 0 Å². The van der Waals surface area contributed by atoms with Crippen molar-refractivity contribution in [2.75, 3.05) is 7.11 Å². The Bertz CT molecular complexity index is 1420. The van der Waals surface area contributed by atoms with Crippen molar-refractivity contribution in [2.24, 2.45) is 7.05 Å². The van der Waals surface area contributed by atoms with Crippen molar-refractivity contribution < 1.29 is 4.74 Å². The van der Waals surface area contributed by atoms with E-state index in [9.17, 15) is 4.79 Å². The van der Waals surface area contributed by atoms with Crippen LogP contribution in [-0.2, 0) is 7.05 Å². The Morgan fingerprint density at radius 3 is 2.62 bits per heavy atom. The first-order valence-corrected chi connectivity index (χ1v) is 9.09. The van der Waals surface area contributed by atoms with E-state index in [1.54, 1.807) is 47.9 Å². The summed E-state index contributed by atoms with van der Waals surface area (Å²) in [5, 5.41) is 0.868. The first-order valence-electron chi connectivity index (χ1n) is 9.09. The van der Waals surface area contributed by atoms with E-state index in [0.717, 1.165) is 33.1 Å². The van der Waals surface area contributed by atoms with Gasteiger partial charge in [0.05, 0.1) is 29.9 Å². The molecule has 0 atom stereocenters. The van der Waals surface area contributed by atoms with E-state index >= 15 is 0 Å². The number of nitrogens with zero attached hydrogens (tertiary/aromatic N) is 5. The van der Waals surface area contributed by atoms with Crippen molar-refractivity contribution in [1.82, 2.24) is 24.1 Å². The second-order valence-electron chi connectivity index (χ2n) is 6.67. The molecule has 0 aliphatic rings. The quantitative estimate of drug-likeness (QED) is 0.478. The number of hydrogen-bond acceptors (Lipinski definition) is 5. The molecule has 4 heterocycles. The average molecular weight is 383 g/mol. The molecule has 5 rings (SSSR count). The monoisotopic (exact) mass is 383 g/mol. The third kappa shape index (κ3) is 2.59. The fourth-order valence-electron chi connectivity index (χ4n) is 3.64. The van der Waals surface area contributed by atoms with E-state index < -0.39 is 0 Å². The Morgan fingerprint density at radius 2 is 1.83 bits per heavy atom. The molecule has 5 aromatic rings. The highest BCUT2D eigenvalue weighted by atomic mass is 16.5. The highest BCUT2D eigenvalue weighted by Crippen LogP contribution is 2.30. The lowest BCUT2D eigenvalue weighted by atomic mass is 10.0. The molecular formula is C22H17N5O2. The van der Waals surface area contributed by atoms with Crippen molar-refractivity contribution in [3.8, 4) is 22.7 Å². The van der Waals surface area contributed by atoms with E-state index in [-0.39, 0.29) is 5.69 Å². The summed E-state index contributed by atoms with van der Waals surface area (Å²) >= 11 is 0. The van der Waals surface area contributed by atoms with Gasteiger partial charge in [-0.3, -0.25) is 19.1 Å². The summed E-state index contributed by atoms with van der Waals surface area (Å²) in [4.78, 5) is 26.2. The number of imidazole rings is 1. The first kappa shape index (κ1) is 17.1. The van der Waals surface area contributed by atoms with Gasteiger partial charge in [0.2, 0.25) is 5.88 Å². The van der Waals surface area contributed by atoms with Gasteiger partial charge in [-0.2, -0.15) is 0 Å². The molecule has 0 fully saturated rings. The molecule has 142 valence electrons. The highest BCUT2D eigenvalue weighted by molar-refractivity contribution is 6.04. The maximum absolute atomic E-state index is 13.2. The van der Waals surface area contributed by atoms with Gasteiger partial charge in [-0.1, -0.05) is 12.1 Å². The number of pyridine rings is 3. The van der Waals surface area contributed by atoms with Crippen LogP contribution in [0.4, 0.5) is 0 Å². The molecule has 7 heteroatoms. The van der Waals surface area contributed by atoms with Gasteiger partial charge in [-0.15, -0.1) is 0 Å². The van der Waals surface area contributed by atoms with Crippen molar-refractivity contribution >= 4 is 21.9 Å². The zero-order valence-corrected chi connectivity index (χ0v) is 15.9. The Hall–Kier alpha value is -4.00. The third-order valence-electron chi connectivity index (χ3n) is 5.06. The molecule has 0 radical (unpaired) electrons. The molecule has 0 aliphatic carbocycles. The van der Waals surface area contributed by atoms with Crippen LogP contribution in [0.1, 0.15) is 0 Å². The molecule has 0 aliphatic heterocycles. The molecule has 29 heavy (non-hydrogen) atoms. The molecule has 0 unspecified atom stereocenters. The zero-order chi connectivity index (χ0) is 20.0. The fourth-order valence-corrected chi connectivity index (χ4v) is 3.64. The summed E-state index contributed by atoms with van der Waals surface area (Å²) in [6, 6.07) is 13.5. The lowest BCUT2D eigenvalue weighted by Crippen LogP contribution is -2.21. The average Bonchev–Trinajstić information content (AvgIpc) is 3.04. The van der Waals surface area contributed by atoms with Gasteiger partial charge >= 0.3 is 5.69 Å². The maximum Gasteiger partial charge on any atom is 0.333 e. The lowest BCUT2D eigenvalue weighted by molar-refractivity contribution is 0.396. The number of aromatic nitrogens is 5. The molecular weight excluding hydrogens is 366 g/mol. The minimum absolute atomic E-state index is 0.188.